The van der Waals surface area contributed by atoms with Crippen molar-refractivity contribution in [3.8, 4) is 0 Å². The second kappa shape index (κ2) is 7.52. The fourth-order valence-corrected chi connectivity index (χ4v) is 3.88. The van der Waals surface area contributed by atoms with Gasteiger partial charge in [0.25, 0.3) is 5.91 Å². The van der Waals surface area contributed by atoms with Crippen LogP contribution in [0.1, 0.15) is 27.6 Å². The van der Waals surface area contributed by atoms with E-state index in [0.717, 1.165) is 16.5 Å². The number of hydrogen-bond donors (Lipinski definition) is 1. The van der Waals surface area contributed by atoms with Crippen LogP contribution >= 0.6 is 12.4 Å². The Kier molecular flexibility index (Phi) is 5.35. The fraction of sp³-hybridized carbons (Fsp3) is 0.286. The first-order valence-electron chi connectivity index (χ1n) is 8.71. The highest BCUT2D eigenvalue weighted by molar-refractivity contribution is 5.99. The number of likely N-dealkylation sites (tertiary alicyclic amines) is 1. The number of carbonyl (C=O) groups excluding carboxylic acids is 1. The van der Waals surface area contributed by atoms with Crippen molar-refractivity contribution in [1.82, 2.24) is 4.90 Å². The van der Waals surface area contributed by atoms with Gasteiger partial charge in [-0.15, -0.1) is 12.4 Å². The lowest BCUT2D eigenvalue weighted by Crippen LogP contribution is -2.30. The molecule has 2 heterocycles. The molecule has 3 aromatic rings. The fourth-order valence-electron chi connectivity index (χ4n) is 3.88. The molecule has 136 valence electrons. The van der Waals surface area contributed by atoms with Crippen molar-refractivity contribution < 1.29 is 9.21 Å². The Labute approximate surface area is 159 Å². The zero-order valence-electron chi connectivity index (χ0n) is 14.7. The number of hydrogen-bond acceptors (Lipinski definition) is 3. The lowest BCUT2D eigenvalue weighted by Gasteiger charge is -2.16. The summed E-state index contributed by atoms with van der Waals surface area (Å²) in [7, 11) is 0. The zero-order chi connectivity index (χ0) is 17.4. The van der Waals surface area contributed by atoms with E-state index in [9.17, 15) is 4.79 Å². The molecule has 0 bridgehead atoms. The minimum atomic E-state index is -0.0365. The third-order valence-electron chi connectivity index (χ3n) is 5.30. The predicted molar refractivity (Wildman–Crippen MR) is 106 cm³/mol. The number of aryl methyl sites for hydroxylation is 1. The number of nitrogens with two attached hydrogens (primary N) is 1. The average Bonchev–Trinajstić information content (AvgIpc) is 3.24. The van der Waals surface area contributed by atoms with Crippen LogP contribution in [-0.2, 0) is 0 Å². The van der Waals surface area contributed by atoms with Gasteiger partial charge in [0.05, 0.1) is 0 Å². The summed E-state index contributed by atoms with van der Waals surface area (Å²) in [6.07, 6.45) is 0. The van der Waals surface area contributed by atoms with Crippen molar-refractivity contribution in [3.63, 3.8) is 0 Å². The maximum atomic E-state index is 13.1. The largest absolute Gasteiger partial charge is 0.451 e. The molecule has 0 aliphatic carbocycles. The van der Waals surface area contributed by atoms with Crippen LogP contribution in [0.4, 0.5) is 0 Å². The van der Waals surface area contributed by atoms with Crippen LogP contribution in [0.3, 0.4) is 0 Å². The third-order valence-corrected chi connectivity index (χ3v) is 5.30. The van der Waals surface area contributed by atoms with Gasteiger partial charge in [0.15, 0.2) is 5.76 Å². The van der Waals surface area contributed by atoms with E-state index in [1.165, 1.54) is 5.56 Å². The van der Waals surface area contributed by atoms with E-state index in [2.05, 4.69) is 12.1 Å². The maximum absolute atomic E-state index is 13.1. The van der Waals surface area contributed by atoms with Crippen LogP contribution in [0, 0.1) is 12.8 Å². The molecular formula is C21H23ClN2O2. The Bertz CT molecular complexity index is 907. The van der Waals surface area contributed by atoms with E-state index >= 15 is 0 Å². The number of benzene rings is 2. The zero-order valence-corrected chi connectivity index (χ0v) is 15.5. The first kappa shape index (κ1) is 18.5. The van der Waals surface area contributed by atoms with Gasteiger partial charge in [0.1, 0.15) is 5.58 Å². The molecule has 0 unspecified atom stereocenters. The first-order chi connectivity index (χ1) is 12.2. The predicted octanol–water partition coefficient (Wildman–Crippen LogP) is 3.98. The minimum Gasteiger partial charge on any atom is -0.451 e. The summed E-state index contributed by atoms with van der Waals surface area (Å²) in [5.41, 5.74) is 8.91. The molecule has 2 aromatic carbocycles. The van der Waals surface area contributed by atoms with Gasteiger partial charge in [-0.1, -0.05) is 48.5 Å². The van der Waals surface area contributed by atoms with Crippen molar-refractivity contribution in [2.45, 2.75) is 12.8 Å². The molecule has 1 fully saturated rings. The van der Waals surface area contributed by atoms with E-state index < -0.39 is 0 Å². The van der Waals surface area contributed by atoms with Crippen LogP contribution in [-0.4, -0.2) is 30.4 Å². The van der Waals surface area contributed by atoms with Gasteiger partial charge in [-0.25, -0.2) is 0 Å². The highest BCUT2D eigenvalue weighted by Crippen LogP contribution is 2.34. The van der Waals surface area contributed by atoms with Crippen molar-refractivity contribution in [2.75, 3.05) is 19.6 Å². The van der Waals surface area contributed by atoms with Gasteiger partial charge in [0, 0.05) is 30.0 Å². The van der Waals surface area contributed by atoms with E-state index in [4.69, 9.17) is 10.2 Å². The molecule has 2 N–H and O–H groups in total. The summed E-state index contributed by atoms with van der Waals surface area (Å²) in [5, 5.41) is 1.00. The molecule has 0 radical (unpaired) electrons. The van der Waals surface area contributed by atoms with Crippen LogP contribution in [0.25, 0.3) is 11.0 Å². The standard InChI is InChI=1S/C21H22N2O2.ClH/c1-14-17-9-5-6-10-19(17)25-20(14)21(24)23-12-16(11-22)18(13-23)15-7-3-2-4-8-15;/h2-10,16,18H,11-13,22H2,1H3;1H/t16-,18+;/m1./s1. The number of carbonyl (C=O) groups is 1. The summed E-state index contributed by atoms with van der Waals surface area (Å²) in [6, 6.07) is 18.1. The Morgan fingerprint density at radius 2 is 1.81 bits per heavy atom. The molecular weight excluding hydrogens is 348 g/mol. The molecule has 4 rings (SSSR count). The number of amides is 1. The van der Waals surface area contributed by atoms with Gasteiger partial charge in [0.2, 0.25) is 0 Å². The van der Waals surface area contributed by atoms with Crippen LogP contribution < -0.4 is 5.73 Å². The molecule has 0 saturated carbocycles. The maximum Gasteiger partial charge on any atom is 0.289 e. The lowest BCUT2D eigenvalue weighted by atomic mass is 9.89. The van der Waals surface area contributed by atoms with Crippen molar-refractivity contribution in [2.24, 2.45) is 11.7 Å². The molecule has 2 atom stereocenters. The first-order valence-corrected chi connectivity index (χ1v) is 8.71. The minimum absolute atomic E-state index is 0. The van der Waals surface area contributed by atoms with Crippen LogP contribution in [0.15, 0.2) is 59.0 Å². The summed E-state index contributed by atoms with van der Waals surface area (Å²) < 4.78 is 5.86. The molecule has 26 heavy (non-hydrogen) atoms. The van der Waals surface area contributed by atoms with E-state index in [1.54, 1.807) is 0 Å². The number of nitrogens with zero attached hydrogens (tertiary/aromatic N) is 1. The molecule has 0 spiro atoms. The molecule has 1 amide bonds. The number of halogens is 1. The lowest BCUT2D eigenvalue weighted by molar-refractivity contribution is 0.0756. The highest BCUT2D eigenvalue weighted by atomic mass is 35.5. The Morgan fingerprint density at radius 1 is 1.12 bits per heavy atom. The van der Waals surface area contributed by atoms with Crippen molar-refractivity contribution >= 4 is 29.3 Å². The van der Waals surface area contributed by atoms with E-state index in [1.807, 2.05) is 54.3 Å². The van der Waals surface area contributed by atoms with Gasteiger partial charge >= 0.3 is 0 Å². The van der Waals surface area contributed by atoms with Gasteiger partial charge in [-0.05, 0) is 31.0 Å². The Hall–Kier alpha value is -2.30. The summed E-state index contributed by atoms with van der Waals surface area (Å²) in [5.74, 6) is 0.965. The van der Waals surface area contributed by atoms with Crippen molar-refractivity contribution in [1.29, 1.82) is 0 Å². The SMILES string of the molecule is Cc1c(C(=O)N2C[C@@H](CN)[C@H](c3ccccc3)C2)oc2ccccc12.Cl. The molecule has 1 saturated heterocycles. The number of furan rings is 1. The molecule has 1 aliphatic heterocycles. The van der Waals surface area contributed by atoms with Crippen LogP contribution in [0.5, 0.6) is 0 Å². The Morgan fingerprint density at radius 3 is 2.50 bits per heavy atom. The topological polar surface area (TPSA) is 59.5 Å². The monoisotopic (exact) mass is 370 g/mol. The van der Waals surface area contributed by atoms with Gasteiger partial charge in [-0.2, -0.15) is 0 Å². The molecule has 4 nitrogen and oxygen atoms in total. The highest BCUT2D eigenvalue weighted by Gasteiger charge is 2.37. The second-order valence-corrected chi connectivity index (χ2v) is 6.78. The quantitative estimate of drug-likeness (QED) is 0.758. The molecule has 1 aromatic heterocycles. The van der Waals surface area contributed by atoms with E-state index in [-0.39, 0.29) is 30.2 Å². The third kappa shape index (κ3) is 3.11. The van der Waals surface area contributed by atoms with Crippen LogP contribution in [0.2, 0.25) is 0 Å². The van der Waals surface area contributed by atoms with Gasteiger partial charge < -0.3 is 15.1 Å². The Balaban J connectivity index is 0.00000196. The number of para-hydroxylation sites is 1. The second-order valence-electron chi connectivity index (χ2n) is 6.78. The van der Waals surface area contributed by atoms with Gasteiger partial charge in [-0.3, -0.25) is 4.79 Å². The van der Waals surface area contributed by atoms with Crippen molar-refractivity contribution in [3.05, 3.63) is 71.5 Å². The normalized spacial score (nSPS) is 19.5. The number of fused-ring (bicyclic) bond motifs is 1. The van der Waals surface area contributed by atoms with E-state index in [0.29, 0.717) is 25.4 Å². The summed E-state index contributed by atoms with van der Waals surface area (Å²) in [6.45, 7) is 3.87. The summed E-state index contributed by atoms with van der Waals surface area (Å²) in [4.78, 5) is 15.0. The smallest absolute Gasteiger partial charge is 0.289 e. The summed E-state index contributed by atoms with van der Waals surface area (Å²) >= 11 is 0. The average molecular weight is 371 g/mol. The number of rotatable bonds is 3. The molecule has 1 aliphatic rings. The molecule has 5 heteroatoms.